The van der Waals surface area contributed by atoms with Crippen LogP contribution in [0, 0.1) is 0 Å². The van der Waals surface area contributed by atoms with Crippen molar-refractivity contribution in [2.75, 3.05) is 17.3 Å². The van der Waals surface area contributed by atoms with Gasteiger partial charge in [-0.25, -0.2) is 9.07 Å². The molecular formula is C19H18N6S. The Morgan fingerprint density at radius 1 is 1.19 bits per heavy atom. The van der Waals surface area contributed by atoms with Gasteiger partial charge in [0, 0.05) is 36.1 Å². The highest BCUT2D eigenvalue weighted by Gasteiger charge is 2.08. The van der Waals surface area contributed by atoms with Gasteiger partial charge in [-0.1, -0.05) is 12.1 Å². The largest absolute Gasteiger partial charge is 0.396 e. The number of nitrogen functional groups attached to an aromatic ring is 1. The molecule has 0 aliphatic heterocycles. The molecule has 3 aromatic heterocycles. The van der Waals surface area contributed by atoms with Crippen molar-refractivity contribution >= 4 is 34.4 Å². The second-order valence-electron chi connectivity index (χ2n) is 5.83. The maximum Gasteiger partial charge on any atom is 0.150 e. The lowest BCUT2D eigenvalue weighted by molar-refractivity contribution is 1.01. The van der Waals surface area contributed by atoms with Crippen LogP contribution in [0.15, 0.2) is 61.1 Å². The minimum Gasteiger partial charge on any atom is -0.396 e. The molecule has 4 rings (SSSR count). The van der Waals surface area contributed by atoms with Crippen molar-refractivity contribution in [3.8, 4) is 11.3 Å². The maximum atomic E-state index is 6.09. The Labute approximate surface area is 155 Å². The Hall–Kier alpha value is -3.06. The molecule has 26 heavy (non-hydrogen) atoms. The van der Waals surface area contributed by atoms with Gasteiger partial charge in [0.05, 0.1) is 23.1 Å². The van der Waals surface area contributed by atoms with Crippen molar-refractivity contribution < 1.29 is 0 Å². The number of rotatable bonds is 5. The third kappa shape index (κ3) is 3.34. The molecule has 0 fully saturated rings. The van der Waals surface area contributed by atoms with E-state index in [1.165, 1.54) is 11.9 Å². The summed E-state index contributed by atoms with van der Waals surface area (Å²) in [4.78, 5) is 9.00. The van der Waals surface area contributed by atoms with E-state index in [-0.39, 0.29) is 0 Å². The van der Waals surface area contributed by atoms with E-state index < -0.39 is 0 Å². The molecule has 1 aromatic carbocycles. The summed E-state index contributed by atoms with van der Waals surface area (Å²) in [5.41, 5.74) is 10.6. The minimum atomic E-state index is 0.619. The molecule has 130 valence electrons. The highest BCUT2D eigenvalue weighted by atomic mass is 32.2. The van der Waals surface area contributed by atoms with Crippen molar-refractivity contribution in [3.05, 3.63) is 66.6 Å². The fourth-order valence-electron chi connectivity index (χ4n) is 2.73. The molecule has 3 heterocycles. The van der Waals surface area contributed by atoms with Crippen molar-refractivity contribution in [2.45, 2.75) is 6.54 Å². The first-order valence-corrected chi connectivity index (χ1v) is 9.35. The average molecular weight is 362 g/mol. The molecule has 7 heteroatoms. The monoisotopic (exact) mass is 362 g/mol. The molecule has 3 N–H and O–H groups in total. The highest BCUT2D eigenvalue weighted by Crippen LogP contribution is 2.24. The standard InChI is InChI=1S/C19H18N6S/c1-26-25-12-15(11-23-25)18-7-5-16(20)19(24-18)22-10-13-4-6-17-14(9-13)3-2-8-21-17/h2-9,11-12H,10,20H2,1H3,(H,22,24). The summed E-state index contributed by atoms with van der Waals surface area (Å²) in [7, 11) is 0. The predicted octanol–water partition coefficient (Wildman–Crippen LogP) is 3.81. The van der Waals surface area contributed by atoms with Crippen LogP contribution >= 0.6 is 11.9 Å². The zero-order valence-electron chi connectivity index (χ0n) is 14.3. The van der Waals surface area contributed by atoms with Crippen LogP contribution in [0.1, 0.15) is 5.56 Å². The van der Waals surface area contributed by atoms with E-state index >= 15 is 0 Å². The lowest BCUT2D eigenvalue weighted by Crippen LogP contribution is -2.05. The molecule has 0 unspecified atom stereocenters. The molecule has 0 atom stereocenters. The van der Waals surface area contributed by atoms with E-state index in [2.05, 4.69) is 38.6 Å². The van der Waals surface area contributed by atoms with Gasteiger partial charge in [-0.3, -0.25) is 4.98 Å². The Morgan fingerprint density at radius 3 is 2.96 bits per heavy atom. The van der Waals surface area contributed by atoms with Crippen LogP contribution in [0.5, 0.6) is 0 Å². The topological polar surface area (TPSA) is 81.6 Å². The first kappa shape index (κ1) is 16.4. The van der Waals surface area contributed by atoms with Crippen LogP contribution in [0.2, 0.25) is 0 Å². The average Bonchev–Trinajstić information content (AvgIpc) is 3.16. The number of benzene rings is 1. The first-order valence-electron chi connectivity index (χ1n) is 8.16. The first-order chi connectivity index (χ1) is 12.7. The van der Waals surface area contributed by atoms with Crippen molar-refractivity contribution in [2.24, 2.45) is 0 Å². The van der Waals surface area contributed by atoms with E-state index in [1.807, 2.05) is 36.7 Å². The second kappa shape index (κ2) is 7.05. The minimum absolute atomic E-state index is 0.619. The van der Waals surface area contributed by atoms with Gasteiger partial charge >= 0.3 is 0 Å². The molecule has 0 saturated carbocycles. The fraction of sp³-hybridized carbons (Fsp3) is 0.105. The smallest absolute Gasteiger partial charge is 0.150 e. The number of nitrogens with one attached hydrogen (secondary N) is 1. The van der Waals surface area contributed by atoms with Gasteiger partial charge < -0.3 is 11.1 Å². The van der Waals surface area contributed by atoms with Crippen molar-refractivity contribution in [1.29, 1.82) is 0 Å². The lowest BCUT2D eigenvalue weighted by Gasteiger charge is -2.10. The molecular weight excluding hydrogens is 344 g/mol. The third-order valence-electron chi connectivity index (χ3n) is 4.10. The van der Waals surface area contributed by atoms with Crippen molar-refractivity contribution in [3.63, 3.8) is 0 Å². The third-order valence-corrected chi connectivity index (χ3v) is 4.67. The normalized spacial score (nSPS) is 11.0. The molecule has 0 aliphatic carbocycles. The Bertz CT molecular complexity index is 1060. The number of nitrogens with two attached hydrogens (primary N) is 1. The van der Waals surface area contributed by atoms with Crippen LogP contribution in [0.3, 0.4) is 0 Å². The predicted molar refractivity (Wildman–Crippen MR) is 108 cm³/mol. The van der Waals surface area contributed by atoms with Crippen LogP contribution in [0.25, 0.3) is 22.2 Å². The number of nitrogens with zero attached hydrogens (tertiary/aromatic N) is 4. The lowest BCUT2D eigenvalue weighted by atomic mass is 10.1. The van der Waals surface area contributed by atoms with Crippen LogP contribution < -0.4 is 11.1 Å². The summed E-state index contributed by atoms with van der Waals surface area (Å²) >= 11 is 1.53. The number of fused-ring (bicyclic) bond motifs is 1. The van der Waals surface area contributed by atoms with E-state index in [4.69, 9.17) is 5.73 Å². The van der Waals surface area contributed by atoms with Crippen LogP contribution in [-0.4, -0.2) is 25.4 Å². The molecule has 0 aliphatic rings. The number of pyridine rings is 2. The van der Waals surface area contributed by atoms with Gasteiger partial charge in [0.25, 0.3) is 0 Å². The van der Waals surface area contributed by atoms with Crippen LogP contribution in [0.4, 0.5) is 11.5 Å². The number of hydrogen-bond donors (Lipinski definition) is 2. The van der Waals surface area contributed by atoms with E-state index in [0.29, 0.717) is 18.1 Å². The van der Waals surface area contributed by atoms with Crippen LogP contribution in [-0.2, 0) is 6.54 Å². The Balaban J connectivity index is 1.56. The highest BCUT2D eigenvalue weighted by molar-refractivity contribution is 7.97. The van der Waals surface area contributed by atoms with E-state index in [0.717, 1.165) is 27.7 Å². The summed E-state index contributed by atoms with van der Waals surface area (Å²) in [6.45, 7) is 0.634. The van der Waals surface area contributed by atoms with Gasteiger partial charge in [0.1, 0.15) is 5.82 Å². The second-order valence-corrected chi connectivity index (χ2v) is 6.57. The van der Waals surface area contributed by atoms with E-state index in [9.17, 15) is 0 Å². The molecule has 0 radical (unpaired) electrons. The van der Waals surface area contributed by atoms with Gasteiger partial charge in [-0.05, 0) is 47.8 Å². The number of aromatic nitrogens is 4. The zero-order valence-corrected chi connectivity index (χ0v) is 15.1. The summed E-state index contributed by atoms with van der Waals surface area (Å²) in [6, 6.07) is 14.0. The zero-order chi connectivity index (χ0) is 17.9. The summed E-state index contributed by atoms with van der Waals surface area (Å²) in [6.07, 6.45) is 7.52. The Kier molecular flexibility index (Phi) is 4.45. The van der Waals surface area contributed by atoms with Gasteiger partial charge in [-0.15, -0.1) is 0 Å². The summed E-state index contributed by atoms with van der Waals surface area (Å²) in [5.74, 6) is 0.672. The maximum absolute atomic E-state index is 6.09. The quantitative estimate of drug-likeness (QED) is 0.562. The van der Waals surface area contributed by atoms with Gasteiger partial charge in [0.15, 0.2) is 0 Å². The van der Waals surface area contributed by atoms with Gasteiger partial charge in [-0.2, -0.15) is 5.10 Å². The molecule has 0 bridgehead atoms. The molecule has 0 spiro atoms. The molecule has 0 amide bonds. The molecule has 4 aromatic rings. The number of hydrogen-bond acceptors (Lipinski definition) is 6. The number of anilines is 2. The molecule has 0 saturated heterocycles. The SMILES string of the molecule is CSn1cc(-c2ccc(N)c(NCc3ccc4ncccc4c3)n2)cn1. The molecule has 6 nitrogen and oxygen atoms in total. The van der Waals surface area contributed by atoms with Gasteiger partial charge in [0.2, 0.25) is 0 Å². The summed E-state index contributed by atoms with van der Waals surface area (Å²) < 4.78 is 1.80. The fourth-order valence-corrected chi connectivity index (χ4v) is 3.09. The Morgan fingerprint density at radius 2 is 2.12 bits per heavy atom. The summed E-state index contributed by atoms with van der Waals surface area (Å²) in [5, 5.41) is 8.72. The van der Waals surface area contributed by atoms with E-state index in [1.54, 1.807) is 16.5 Å². The van der Waals surface area contributed by atoms with Crippen molar-refractivity contribution in [1.82, 2.24) is 19.2 Å².